The van der Waals surface area contributed by atoms with Gasteiger partial charge < -0.3 is 4.98 Å². The minimum Gasteiger partial charge on any atom is -0.359 e. The fraction of sp³-hybridized carbons (Fsp3) is 0.286. The maximum absolute atomic E-state index is 12.1. The number of halogens is 3. The van der Waals surface area contributed by atoms with Crippen LogP contribution >= 0.6 is 15.9 Å². The van der Waals surface area contributed by atoms with Gasteiger partial charge in [0.2, 0.25) is 0 Å². The summed E-state index contributed by atoms with van der Waals surface area (Å²) in [5.41, 5.74) is -0.360. The third-order valence-electron chi connectivity index (χ3n) is 1.46. The summed E-state index contributed by atoms with van der Waals surface area (Å²) < 4.78 is 24.2. The number of hydrogen-bond donors (Lipinski definition) is 1. The summed E-state index contributed by atoms with van der Waals surface area (Å²) in [6.45, 7) is 1.55. The molecule has 1 rings (SSSR count). The lowest BCUT2D eigenvalue weighted by molar-refractivity contribution is 0.145. The van der Waals surface area contributed by atoms with Crippen LogP contribution in [0.5, 0.6) is 0 Å². The van der Waals surface area contributed by atoms with Gasteiger partial charge in [-0.3, -0.25) is 4.79 Å². The molecule has 0 fully saturated rings. The van der Waals surface area contributed by atoms with Gasteiger partial charge in [-0.05, 0) is 22.9 Å². The van der Waals surface area contributed by atoms with Gasteiger partial charge in [-0.25, -0.2) is 8.78 Å². The molecule has 66 valence electrons. The summed E-state index contributed by atoms with van der Waals surface area (Å²) in [7, 11) is 0. The van der Waals surface area contributed by atoms with Gasteiger partial charge in [0.05, 0.1) is 4.47 Å². The molecule has 1 heterocycles. The van der Waals surface area contributed by atoms with Gasteiger partial charge in [0.25, 0.3) is 6.43 Å². The first-order valence-corrected chi connectivity index (χ1v) is 3.99. The number of pyridine rings is 1. The van der Waals surface area contributed by atoms with Crippen molar-refractivity contribution in [2.24, 2.45) is 0 Å². The maximum Gasteiger partial charge on any atom is 0.279 e. The van der Waals surface area contributed by atoms with Gasteiger partial charge in [0.15, 0.2) is 5.43 Å². The van der Waals surface area contributed by atoms with E-state index in [4.69, 9.17) is 0 Å². The number of H-pyrrole nitrogens is 1. The Kier molecular flexibility index (Phi) is 2.62. The second kappa shape index (κ2) is 3.35. The monoisotopic (exact) mass is 237 g/mol. The van der Waals surface area contributed by atoms with Gasteiger partial charge in [0, 0.05) is 11.8 Å². The van der Waals surface area contributed by atoms with Gasteiger partial charge in [-0.2, -0.15) is 0 Å². The molecule has 1 aromatic rings. The van der Waals surface area contributed by atoms with Crippen molar-refractivity contribution in [2.45, 2.75) is 13.3 Å². The lowest BCUT2D eigenvalue weighted by Crippen LogP contribution is -2.10. The van der Waals surface area contributed by atoms with E-state index in [2.05, 4.69) is 20.9 Å². The SMILES string of the molecule is Cc1c[nH]c(C(F)F)c(Br)c1=O. The van der Waals surface area contributed by atoms with Crippen molar-refractivity contribution in [3.05, 3.63) is 32.2 Å². The molecular weight excluding hydrogens is 232 g/mol. The molecule has 0 saturated carbocycles. The van der Waals surface area contributed by atoms with E-state index in [0.717, 1.165) is 0 Å². The summed E-state index contributed by atoms with van der Waals surface area (Å²) >= 11 is 2.81. The average Bonchev–Trinajstić information content (AvgIpc) is 2.00. The van der Waals surface area contributed by atoms with Crippen molar-refractivity contribution >= 4 is 15.9 Å². The Morgan fingerprint density at radius 1 is 1.58 bits per heavy atom. The van der Waals surface area contributed by atoms with Crippen LogP contribution in [-0.4, -0.2) is 4.98 Å². The fourth-order valence-electron chi connectivity index (χ4n) is 0.769. The minimum atomic E-state index is -2.66. The number of hydrogen-bond acceptors (Lipinski definition) is 1. The van der Waals surface area contributed by atoms with E-state index in [1.54, 1.807) is 6.92 Å². The molecule has 0 aromatic carbocycles. The van der Waals surface area contributed by atoms with Gasteiger partial charge in [0.1, 0.15) is 5.69 Å². The van der Waals surface area contributed by atoms with E-state index >= 15 is 0 Å². The van der Waals surface area contributed by atoms with Gasteiger partial charge in [-0.1, -0.05) is 0 Å². The van der Waals surface area contributed by atoms with Crippen molar-refractivity contribution in [1.29, 1.82) is 0 Å². The first kappa shape index (κ1) is 9.38. The van der Waals surface area contributed by atoms with E-state index in [-0.39, 0.29) is 10.2 Å². The standard InChI is InChI=1S/C7H6BrF2NO/c1-3-2-11-5(7(9)10)4(8)6(3)12/h2,7H,1H3,(H,11,12). The van der Waals surface area contributed by atoms with Crippen LogP contribution in [0.15, 0.2) is 15.5 Å². The number of aromatic amines is 1. The molecule has 0 unspecified atom stereocenters. The van der Waals surface area contributed by atoms with Crippen LogP contribution in [0, 0.1) is 6.92 Å². The van der Waals surface area contributed by atoms with Crippen LogP contribution in [0.3, 0.4) is 0 Å². The molecule has 0 aliphatic carbocycles. The average molecular weight is 238 g/mol. The van der Waals surface area contributed by atoms with Crippen molar-refractivity contribution in [3.8, 4) is 0 Å². The van der Waals surface area contributed by atoms with E-state index in [1.165, 1.54) is 6.20 Å². The molecule has 0 aliphatic heterocycles. The van der Waals surface area contributed by atoms with Crippen LogP contribution in [0.2, 0.25) is 0 Å². The van der Waals surface area contributed by atoms with Crippen LogP contribution in [0.4, 0.5) is 8.78 Å². The molecule has 0 aliphatic rings. The number of alkyl halides is 2. The molecule has 0 amide bonds. The highest BCUT2D eigenvalue weighted by atomic mass is 79.9. The topological polar surface area (TPSA) is 32.9 Å². The van der Waals surface area contributed by atoms with E-state index in [0.29, 0.717) is 5.56 Å². The zero-order valence-corrected chi connectivity index (χ0v) is 7.78. The van der Waals surface area contributed by atoms with Crippen molar-refractivity contribution in [3.63, 3.8) is 0 Å². The van der Waals surface area contributed by atoms with Gasteiger partial charge >= 0.3 is 0 Å². The number of nitrogens with one attached hydrogen (secondary N) is 1. The Bertz CT molecular complexity index is 348. The Hall–Kier alpha value is -0.710. The smallest absolute Gasteiger partial charge is 0.279 e. The number of rotatable bonds is 1. The third-order valence-corrected chi connectivity index (χ3v) is 2.24. The molecular formula is C7H6BrF2NO. The highest BCUT2D eigenvalue weighted by Crippen LogP contribution is 2.22. The van der Waals surface area contributed by atoms with Crippen LogP contribution in [0.25, 0.3) is 0 Å². The lowest BCUT2D eigenvalue weighted by Gasteiger charge is -2.02. The summed E-state index contributed by atoms with van der Waals surface area (Å²) in [5, 5.41) is 0. The highest BCUT2D eigenvalue weighted by Gasteiger charge is 2.14. The Labute approximate surface area is 75.7 Å². The third kappa shape index (κ3) is 1.55. The summed E-state index contributed by atoms with van der Waals surface area (Å²) in [6, 6.07) is 0. The molecule has 5 heteroatoms. The molecule has 0 atom stereocenters. The highest BCUT2D eigenvalue weighted by molar-refractivity contribution is 9.10. The molecule has 0 spiro atoms. The Balaban J connectivity index is 3.37. The number of aromatic nitrogens is 1. The predicted molar refractivity (Wildman–Crippen MR) is 44.5 cm³/mol. The molecule has 12 heavy (non-hydrogen) atoms. The van der Waals surface area contributed by atoms with E-state index in [1.807, 2.05) is 0 Å². The fourth-order valence-corrected chi connectivity index (χ4v) is 1.37. The largest absolute Gasteiger partial charge is 0.359 e. The predicted octanol–water partition coefficient (Wildman–Crippen LogP) is 2.38. The minimum absolute atomic E-state index is 0.0856. The second-order valence-corrected chi connectivity index (χ2v) is 3.12. The van der Waals surface area contributed by atoms with E-state index < -0.39 is 11.9 Å². The Morgan fingerprint density at radius 3 is 2.67 bits per heavy atom. The lowest BCUT2D eigenvalue weighted by atomic mass is 10.2. The summed E-state index contributed by atoms with van der Waals surface area (Å²) in [4.78, 5) is 13.4. The second-order valence-electron chi connectivity index (χ2n) is 2.33. The van der Waals surface area contributed by atoms with Crippen molar-refractivity contribution in [2.75, 3.05) is 0 Å². The molecule has 0 radical (unpaired) electrons. The quantitative estimate of drug-likeness (QED) is 0.800. The normalized spacial score (nSPS) is 10.8. The van der Waals surface area contributed by atoms with Crippen molar-refractivity contribution < 1.29 is 8.78 Å². The maximum atomic E-state index is 12.1. The van der Waals surface area contributed by atoms with E-state index in [9.17, 15) is 13.6 Å². The molecule has 1 N–H and O–H groups in total. The van der Waals surface area contributed by atoms with Crippen molar-refractivity contribution in [1.82, 2.24) is 4.98 Å². The Morgan fingerprint density at radius 2 is 2.17 bits per heavy atom. The summed E-state index contributed by atoms with van der Waals surface area (Å²) in [5.74, 6) is 0. The zero-order valence-electron chi connectivity index (χ0n) is 6.20. The first-order chi connectivity index (χ1) is 5.54. The van der Waals surface area contributed by atoms with Crippen LogP contribution in [0.1, 0.15) is 17.7 Å². The van der Waals surface area contributed by atoms with Gasteiger partial charge in [-0.15, -0.1) is 0 Å². The van der Waals surface area contributed by atoms with Crippen LogP contribution in [-0.2, 0) is 0 Å². The first-order valence-electron chi connectivity index (χ1n) is 3.20. The number of aryl methyl sites for hydroxylation is 1. The molecule has 0 saturated heterocycles. The zero-order chi connectivity index (χ0) is 9.30. The molecule has 2 nitrogen and oxygen atoms in total. The molecule has 0 bridgehead atoms. The molecule has 1 aromatic heterocycles. The summed E-state index contributed by atoms with van der Waals surface area (Å²) in [6.07, 6.45) is -1.39. The van der Waals surface area contributed by atoms with Crippen LogP contribution < -0.4 is 5.43 Å².